The molecular formula is C17H33N. The van der Waals surface area contributed by atoms with Crippen LogP contribution in [0.25, 0.3) is 0 Å². The van der Waals surface area contributed by atoms with Gasteiger partial charge in [0.2, 0.25) is 0 Å². The van der Waals surface area contributed by atoms with Gasteiger partial charge in [0.1, 0.15) is 0 Å². The van der Waals surface area contributed by atoms with Gasteiger partial charge in [-0.25, -0.2) is 0 Å². The lowest BCUT2D eigenvalue weighted by Crippen LogP contribution is -2.32. The van der Waals surface area contributed by atoms with E-state index in [9.17, 15) is 0 Å². The fraction of sp³-hybridized carbons (Fsp3) is 1.00. The molecule has 0 amide bonds. The van der Waals surface area contributed by atoms with E-state index in [0.717, 1.165) is 29.7 Å². The Morgan fingerprint density at radius 1 is 1.00 bits per heavy atom. The zero-order valence-electron chi connectivity index (χ0n) is 12.8. The van der Waals surface area contributed by atoms with E-state index in [-0.39, 0.29) is 0 Å². The first-order chi connectivity index (χ1) is 8.65. The fourth-order valence-electron chi connectivity index (χ4n) is 4.04. The van der Waals surface area contributed by atoms with Crippen LogP contribution in [0.3, 0.4) is 0 Å². The maximum atomic E-state index is 3.88. The number of hydrogen-bond donors (Lipinski definition) is 1. The molecule has 2 fully saturated rings. The molecule has 0 bridgehead atoms. The molecule has 0 aliphatic heterocycles. The van der Waals surface area contributed by atoms with Crippen LogP contribution < -0.4 is 5.32 Å². The van der Waals surface area contributed by atoms with Crippen LogP contribution >= 0.6 is 0 Å². The van der Waals surface area contributed by atoms with Crippen molar-refractivity contribution in [1.29, 1.82) is 0 Å². The van der Waals surface area contributed by atoms with E-state index in [1.165, 1.54) is 57.9 Å². The van der Waals surface area contributed by atoms with Crippen molar-refractivity contribution in [2.24, 2.45) is 23.7 Å². The lowest BCUT2D eigenvalue weighted by molar-refractivity contribution is 0.335. The Morgan fingerprint density at radius 2 is 1.83 bits per heavy atom. The van der Waals surface area contributed by atoms with Crippen LogP contribution in [0.2, 0.25) is 0 Å². The van der Waals surface area contributed by atoms with Crippen molar-refractivity contribution < 1.29 is 0 Å². The van der Waals surface area contributed by atoms with Gasteiger partial charge in [-0.2, -0.15) is 0 Å². The lowest BCUT2D eigenvalue weighted by atomic mass is 9.89. The third-order valence-electron chi connectivity index (χ3n) is 5.45. The fourth-order valence-corrected chi connectivity index (χ4v) is 4.04. The third kappa shape index (κ3) is 4.26. The maximum absolute atomic E-state index is 3.88. The molecule has 1 N–H and O–H groups in total. The molecule has 2 aliphatic rings. The summed E-state index contributed by atoms with van der Waals surface area (Å²) < 4.78 is 0. The molecule has 2 rings (SSSR count). The van der Waals surface area contributed by atoms with Gasteiger partial charge in [-0.15, -0.1) is 0 Å². The smallest absolute Gasteiger partial charge is 0.00672 e. The van der Waals surface area contributed by atoms with Gasteiger partial charge in [0.25, 0.3) is 0 Å². The Morgan fingerprint density at radius 3 is 2.50 bits per heavy atom. The van der Waals surface area contributed by atoms with E-state index in [0.29, 0.717) is 0 Å². The quantitative estimate of drug-likeness (QED) is 0.719. The normalized spacial score (nSPS) is 38.0. The average molecular weight is 251 g/mol. The Kier molecular flexibility index (Phi) is 5.54. The predicted octanol–water partition coefficient (Wildman–Crippen LogP) is 4.62. The van der Waals surface area contributed by atoms with Gasteiger partial charge in [0.05, 0.1) is 0 Å². The second-order valence-electron chi connectivity index (χ2n) is 7.40. The molecule has 0 aromatic heterocycles. The molecule has 0 heterocycles. The van der Waals surface area contributed by atoms with E-state index in [1.807, 2.05) is 0 Å². The molecule has 1 nitrogen and oxygen atoms in total. The van der Waals surface area contributed by atoms with Gasteiger partial charge in [0.15, 0.2) is 0 Å². The lowest BCUT2D eigenvalue weighted by Gasteiger charge is -2.20. The molecule has 106 valence electrons. The summed E-state index contributed by atoms with van der Waals surface area (Å²) in [6, 6.07) is 0.824. The molecule has 0 spiro atoms. The monoisotopic (exact) mass is 251 g/mol. The number of hydrogen-bond acceptors (Lipinski definition) is 1. The molecule has 0 radical (unpaired) electrons. The summed E-state index contributed by atoms with van der Waals surface area (Å²) in [6.45, 7) is 8.51. The molecule has 2 saturated carbocycles. The van der Waals surface area contributed by atoms with Gasteiger partial charge < -0.3 is 5.32 Å². The zero-order chi connectivity index (χ0) is 13.0. The maximum Gasteiger partial charge on any atom is 0.00672 e. The first-order valence-electron chi connectivity index (χ1n) is 8.38. The minimum Gasteiger partial charge on any atom is -0.314 e. The van der Waals surface area contributed by atoms with Gasteiger partial charge in [0, 0.05) is 6.04 Å². The summed E-state index contributed by atoms with van der Waals surface area (Å²) in [7, 11) is 0. The highest BCUT2D eigenvalue weighted by Gasteiger charge is 2.24. The Labute approximate surface area is 114 Å². The minimum atomic E-state index is 0.824. The van der Waals surface area contributed by atoms with E-state index in [4.69, 9.17) is 0 Å². The summed E-state index contributed by atoms with van der Waals surface area (Å²) in [5, 5.41) is 3.88. The van der Waals surface area contributed by atoms with Crippen molar-refractivity contribution >= 4 is 0 Å². The molecule has 18 heavy (non-hydrogen) atoms. The highest BCUT2D eigenvalue weighted by molar-refractivity contribution is 4.80. The van der Waals surface area contributed by atoms with Crippen LogP contribution in [0, 0.1) is 23.7 Å². The zero-order valence-corrected chi connectivity index (χ0v) is 12.8. The van der Waals surface area contributed by atoms with Crippen LogP contribution in [0.5, 0.6) is 0 Å². The summed E-state index contributed by atoms with van der Waals surface area (Å²) >= 11 is 0. The molecule has 0 aromatic rings. The van der Waals surface area contributed by atoms with Crippen LogP contribution in [0.15, 0.2) is 0 Å². The van der Waals surface area contributed by atoms with Crippen molar-refractivity contribution in [2.45, 2.75) is 78.2 Å². The average Bonchev–Trinajstić information content (AvgIpc) is 2.62. The first kappa shape index (κ1) is 14.4. The summed E-state index contributed by atoms with van der Waals surface area (Å²) in [4.78, 5) is 0. The van der Waals surface area contributed by atoms with E-state index >= 15 is 0 Å². The summed E-state index contributed by atoms with van der Waals surface area (Å²) in [5.74, 6) is 3.84. The molecule has 0 aromatic carbocycles. The Bertz CT molecular complexity index is 236. The summed E-state index contributed by atoms with van der Waals surface area (Å²) in [6.07, 6.45) is 11.6. The van der Waals surface area contributed by atoms with Gasteiger partial charge in [-0.1, -0.05) is 40.0 Å². The largest absolute Gasteiger partial charge is 0.314 e. The molecular weight excluding hydrogens is 218 g/mol. The van der Waals surface area contributed by atoms with Gasteiger partial charge in [-0.3, -0.25) is 0 Å². The Balaban J connectivity index is 1.67. The highest BCUT2D eigenvalue weighted by atomic mass is 14.9. The van der Waals surface area contributed by atoms with Gasteiger partial charge >= 0.3 is 0 Å². The van der Waals surface area contributed by atoms with Crippen LogP contribution in [-0.4, -0.2) is 12.6 Å². The first-order valence-corrected chi connectivity index (χ1v) is 8.38. The highest BCUT2D eigenvalue weighted by Crippen LogP contribution is 2.31. The number of nitrogens with one attached hydrogen (secondary N) is 1. The molecule has 1 heteroatoms. The van der Waals surface area contributed by atoms with Crippen molar-refractivity contribution in [2.75, 3.05) is 6.54 Å². The standard InChI is InChI=1S/C17H33N/c1-13(2)16-5-4-6-17(10-9-16)18-12-15-8-7-14(3)11-15/h13-18H,4-12H2,1-3H3. The third-order valence-corrected chi connectivity index (χ3v) is 5.45. The van der Waals surface area contributed by atoms with Gasteiger partial charge in [-0.05, 0) is 62.3 Å². The van der Waals surface area contributed by atoms with Crippen LogP contribution in [-0.2, 0) is 0 Å². The van der Waals surface area contributed by atoms with E-state index < -0.39 is 0 Å². The summed E-state index contributed by atoms with van der Waals surface area (Å²) in [5.41, 5.74) is 0. The van der Waals surface area contributed by atoms with Crippen molar-refractivity contribution in [3.05, 3.63) is 0 Å². The second kappa shape index (κ2) is 6.93. The molecule has 4 atom stereocenters. The molecule has 0 saturated heterocycles. The molecule has 4 unspecified atom stereocenters. The van der Waals surface area contributed by atoms with Crippen LogP contribution in [0.1, 0.15) is 72.1 Å². The predicted molar refractivity (Wildman–Crippen MR) is 79.7 cm³/mol. The second-order valence-corrected chi connectivity index (χ2v) is 7.40. The number of rotatable bonds is 4. The van der Waals surface area contributed by atoms with E-state index in [2.05, 4.69) is 26.1 Å². The SMILES string of the molecule is CC1CCC(CNC2CCCC(C(C)C)CC2)C1. The Hall–Kier alpha value is -0.0400. The molecule has 2 aliphatic carbocycles. The van der Waals surface area contributed by atoms with Crippen molar-refractivity contribution in [3.63, 3.8) is 0 Å². The topological polar surface area (TPSA) is 12.0 Å². The van der Waals surface area contributed by atoms with Crippen molar-refractivity contribution in [3.8, 4) is 0 Å². The van der Waals surface area contributed by atoms with Crippen LogP contribution in [0.4, 0.5) is 0 Å². The minimum absolute atomic E-state index is 0.824. The van der Waals surface area contributed by atoms with Crippen molar-refractivity contribution in [1.82, 2.24) is 5.32 Å². The van der Waals surface area contributed by atoms with E-state index in [1.54, 1.807) is 0 Å².